The number of benzene rings is 2. The van der Waals surface area contributed by atoms with E-state index in [2.05, 4.69) is 22.0 Å². The van der Waals surface area contributed by atoms with Crippen molar-refractivity contribution in [2.45, 2.75) is 0 Å². The van der Waals surface area contributed by atoms with E-state index in [9.17, 15) is 8.78 Å². The van der Waals surface area contributed by atoms with Crippen LogP contribution in [0.4, 0.5) is 14.5 Å². The van der Waals surface area contributed by atoms with E-state index in [1.54, 1.807) is 18.2 Å². The Labute approximate surface area is 131 Å². The second kappa shape index (κ2) is 6.03. The molecule has 17 heavy (non-hydrogen) atoms. The summed E-state index contributed by atoms with van der Waals surface area (Å²) in [5, 5.41) is 0. The molecule has 2 N–H and O–H groups in total. The van der Waals surface area contributed by atoms with E-state index in [0.29, 0.717) is 11.1 Å². The molecule has 0 aliphatic rings. The summed E-state index contributed by atoms with van der Waals surface area (Å²) in [6.45, 7) is 0. The van der Waals surface area contributed by atoms with Gasteiger partial charge in [-0.25, -0.2) is 8.78 Å². The molecule has 0 fully saturated rings. The Morgan fingerprint density at radius 1 is 1.12 bits per heavy atom. The van der Waals surface area contributed by atoms with Gasteiger partial charge in [0.15, 0.2) is 0 Å². The molecule has 0 bridgehead atoms. The molecular formula is C12H7BrF2NY-. The van der Waals surface area contributed by atoms with Crippen LogP contribution in [0.15, 0.2) is 34.8 Å². The third kappa shape index (κ3) is 3.33. The molecule has 5 heteroatoms. The first-order valence-corrected chi connectivity index (χ1v) is 5.29. The van der Waals surface area contributed by atoms with Gasteiger partial charge in [-0.3, -0.25) is 0 Å². The van der Waals surface area contributed by atoms with Gasteiger partial charge in [0.1, 0.15) is 17.3 Å². The van der Waals surface area contributed by atoms with Crippen molar-refractivity contribution in [1.82, 2.24) is 0 Å². The maximum absolute atomic E-state index is 13.2. The van der Waals surface area contributed by atoms with E-state index < -0.39 is 17.3 Å². The first-order valence-electron chi connectivity index (χ1n) is 4.50. The van der Waals surface area contributed by atoms with Crippen LogP contribution < -0.4 is 5.73 Å². The zero-order valence-corrected chi connectivity index (χ0v) is 13.1. The molecule has 1 radical (unpaired) electrons. The summed E-state index contributed by atoms with van der Waals surface area (Å²) < 4.78 is 27.3. The van der Waals surface area contributed by atoms with Gasteiger partial charge in [0.2, 0.25) is 0 Å². The zero-order chi connectivity index (χ0) is 11.7. The van der Waals surface area contributed by atoms with Crippen molar-refractivity contribution < 1.29 is 41.5 Å². The Hall–Kier alpha value is -0.316. The topological polar surface area (TPSA) is 26.0 Å². The third-order valence-electron chi connectivity index (χ3n) is 2.16. The summed E-state index contributed by atoms with van der Waals surface area (Å²) in [6.07, 6.45) is 0. The number of hydrogen-bond acceptors (Lipinski definition) is 1. The molecule has 0 atom stereocenters. The molecule has 0 heterocycles. The van der Waals surface area contributed by atoms with Crippen LogP contribution in [0.25, 0.3) is 11.1 Å². The van der Waals surface area contributed by atoms with E-state index in [4.69, 9.17) is 5.73 Å². The molecule has 0 spiro atoms. The van der Waals surface area contributed by atoms with Crippen molar-refractivity contribution >= 4 is 21.6 Å². The largest absolute Gasteiger partial charge is 0.394 e. The summed E-state index contributed by atoms with van der Waals surface area (Å²) in [4.78, 5) is 0. The fraction of sp³-hybridized carbons (Fsp3) is 0. The SMILES string of the molecule is Nc1c(F)cc(-c2[c-]cc(Br)cc2)cc1F.[Y]. The summed E-state index contributed by atoms with van der Waals surface area (Å²) in [5.74, 6) is -1.52. The van der Waals surface area contributed by atoms with Crippen LogP contribution in [0, 0.1) is 17.7 Å². The Kier molecular flexibility index (Phi) is 5.23. The van der Waals surface area contributed by atoms with Gasteiger partial charge in [-0.1, -0.05) is 22.2 Å². The number of nitrogen functional groups attached to an aromatic ring is 1. The molecule has 0 aliphatic heterocycles. The van der Waals surface area contributed by atoms with Gasteiger partial charge in [-0.15, -0.1) is 45.8 Å². The van der Waals surface area contributed by atoms with E-state index in [0.717, 1.165) is 4.47 Å². The first kappa shape index (κ1) is 14.7. The molecule has 0 unspecified atom stereocenters. The molecule has 1 nitrogen and oxygen atoms in total. The minimum Gasteiger partial charge on any atom is -0.394 e. The molecule has 0 saturated carbocycles. The normalized spacial score (nSPS) is 9.82. The molecule has 85 valence electrons. The van der Waals surface area contributed by atoms with Crippen LogP contribution in [-0.4, -0.2) is 0 Å². The number of hydrogen-bond donors (Lipinski definition) is 1. The van der Waals surface area contributed by atoms with Gasteiger partial charge in [-0.05, 0) is 0 Å². The minimum absolute atomic E-state index is 0. The third-order valence-corrected chi connectivity index (χ3v) is 2.66. The Morgan fingerprint density at radius 3 is 2.18 bits per heavy atom. The van der Waals surface area contributed by atoms with Gasteiger partial charge >= 0.3 is 0 Å². The van der Waals surface area contributed by atoms with Gasteiger partial charge < -0.3 is 5.73 Å². The monoisotopic (exact) mass is 371 g/mol. The quantitative estimate of drug-likeness (QED) is 0.599. The van der Waals surface area contributed by atoms with Gasteiger partial charge in [0.05, 0.1) is 0 Å². The van der Waals surface area contributed by atoms with Gasteiger partial charge in [-0.2, -0.15) is 0 Å². The van der Waals surface area contributed by atoms with Crippen molar-refractivity contribution in [3.8, 4) is 11.1 Å². The van der Waals surface area contributed by atoms with Crippen LogP contribution in [-0.2, 0) is 32.7 Å². The predicted molar refractivity (Wildman–Crippen MR) is 62.7 cm³/mol. The molecular weight excluding hydrogens is 365 g/mol. The molecule has 2 rings (SSSR count). The van der Waals surface area contributed by atoms with Gasteiger partial charge in [0, 0.05) is 32.7 Å². The number of halogens is 3. The van der Waals surface area contributed by atoms with Crippen LogP contribution in [0.3, 0.4) is 0 Å². The van der Waals surface area contributed by atoms with Crippen molar-refractivity contribution in [2.75, 3.05) is 5.73 Å². The molecule has 0 amide bonds. The average molecular weight is 372 g/mol. The number of rotatable bonds is 1. The summed E-state index contributed by atoms with van der Waals surface area (Å²) >= 11 is 3.26. The second-order valence-electron chi connectivity index (χ2n) is 3.27. The number of nitrogens with two attached hydrogens (primary N) is 1. The maximum Gasteiger partial charge on any atom is 0.140 e. The standard InChI is InChI=1S/C12H7BrF2N.Y/c13-9-3-1-7(2-4-9)8-5-10(14)12(16)11(15)6-8;/h1,3-6H,16H2;/q-1;. The maximum atomic E-state index is 13.2. The zero-order valence-electron chi connectivity index (χ0n) is 8.68. The summed E-state index contributed by atoms with van der Waals surface area (Å²) in [5.41, 5.74) is 5.75. The minimum atomic E-state index is -0.758. The molecule has 0 saturated heterocycles. The fourth-order valence-electron chi connectivity index (χ4n) is 1.33. The Balaban J connectivity index is 0.00000144. The molecule has 0 aliphatic carbocycles. The Bertz CT molecular complexity index is 506. The Morgan fingerprint density at radius 2 is 1.71 bits per heavy atom. The number of anilines is 1. The molecule has 0 aromatic heterocycles. The molecule has 2 aromatic carbocycles. The average Bonchev–Trinajstić information content (AvgIpc) is 2.26. The van der Waals surface area contributed by atoms with Crippen molar-refractivity contribution in [1.29, 1.82) is 0 Å². The van der Waals surface area contributed by atoms with Crippen LogP contribution in [0.2, 0.25) is 0 Å². The second-order valence-corrected chi connectivity index (χ2v) is 4.19. The first-order chi connectivity index (χ1) is 7.58. The van der Waals surface area contributed by atoms with E-state index >= 15 is 0 Å². The van der Waals surface area contributed by atoms with Crippen LogP contribution in [0.1, 0.15) is 0 Å². The van der Waals surface area contributed by atoms with Crippen LogP contribution in [0.5, 0.6) is 0 Å². The predicted octanol–water partition coefficient (Wildman–Crippen LogP) is 3.77. The van der Waals surface area contributed by atoms with Crippen molar-refractivity contribution in [2.24, 2.45) is 0 Å². The van der Waals surface area contributed by atoms with E-state index in [1.807, 2.05) is 0 Å². The fourth-order valence-corrected chi connectivity index (χ4v) is 1.57. The van der Waals surface area contributed by atoms with E-state index in [1.165, 1.54) is 12.1 Å². The van der Waals surface area contributed by atoms with E-state index in [-0.39, 0.29) is 32.7 Å². The summed E-state index contributed by atoms with van der Waals surface area (Å²) in [7, 11) is 0. The molecule has 2 aromatic rings. The smallest absolute Gasteiger partial charge is 0.140 e. The summed E-state index contributed by atoms with van der Waals surface area (Å²) in [6, 6.07) is 10.5. The van der Waals surface area contributed by atoms with Gasteiger partial charge in [0.25, 0.3) is 0 Å². The van der Waals surface area contributed by atoms with Crippen molar-refractivity contribution in [3.63, 3.8) is 0 Å². The van der Waals surface area contributed by atoms with Crippen molar-refractivity contribution in [3.05, 3.63) is 52.5 Å². The van der Waals surface area contributed by atoms with Crippen LogP contribution >= 0.6 is 15.9 Å².